The van der Waals surface area contributed by atoms with E-state index in [0.717, 1.165) is 17.4 Å². The number of aryl methyl sites for hydroxylation is 1. The molecule has 3 N–H and O–H groups in total. The molecule has 25 heavy (non-hydrogen) atoms. The summed E-state index contributed by atoms with van der Waals surface area (Å²) in [5.41, 5.74) is 2.73. The van der Waals surface area contributed by atoms with Crippen LogP contribution in [0.1, 0.15) is 24.1 Å². The van der Waals surface area contributed by atoms with Crippen LogP contribution < -0.4 is 15.4 Å². The number of hydrogen-bond acceptors (Lipinski definition) is 3. The lowest BCUT2D eigenvalue weighted by molar-refractivity contribution is 0.249. The first-order valence-electron chi connectivity index (χ1n) is 7.55. The second-order valence-electron chi connectivity index (χ2n) is 5.78. The fourth-order valence-corrected chi connectivity index (χ4v) is 2.94. The number of halogens is 1. The number of carbonyl (C=O) groups excluding carboxylic acids is 1. The highest BCUT2D eigenvalue weighted by Gasteiger charge is 2.11. The third-order valence-corrected chi connectivity index (χ3v) is 4.48. The molecule has 0 heterocycles. The molecule has 6 nitrogen and oxygen atoms in total. The van der Waals surface area contributed by atoms with Crippen molar-refractivity contribution in [1.82, 2.24) is 5.32 Å². The Kier molecular flexibility index (Phi) is 5.92. The SMILES string of the molecule is Cc1ccc(NC(=O)NC(C)c2cccc(NS(C)(=O)=O)c2)cc1Cl. The number of benzene rings is 2. The Morgan fingerprint density at radius 3 is 2.48 bits per heavy atom. The van der Waals surface area contributed by atoms with E-state index in [1.54, 1.807) is 43.3 Å². The summed E-state index contributed by atoms with van der Waals surface area (Å²) in [5.74, 6) is 0. The minimum absolute atomic E-state index is 0.317. The number of sulfonamides is 1. The molecule has 0 aliphatic heterocycles. The van der Waals surface area contributed by atoms with Crippen LogP contribution in [0.3, 0.4) is 0 Å². The zero-order chi connectivity index (χ0) is 18.6. The first kappa shape index (κ1) is 19.1. The molecule has 2 amide bonds. The average Bonchev–Trinajstić information content (AvgIpc) is 2.49. The van der Waals surface area contributed by atoms with Crippen LogP contribution in [0, 0.1) is 6.92 Å². The molecule has 1 atom stereocenters. The first-order chi connectivity index (χ1) is 11.6. The summed E-state index contributed by atoms with van der Waals surface area (Å²) in [7, 11) is -3.35. The lowest BCUT2D eigenvalue weighted by Gasteiger charge is -2.16. The van der Waals surface area contributed by atoms with Crippen LogP contribution in [-0.2, 0) is 10.0 Å². The summed E-state index contributed by atoms with van der Waals surface area (Å²) in [6.07, 6.45) is 1.08. The molecule has 0 aliphatic carbocycles. The first-order valence-corrected chi connectivity index (χ1v) is 9.82. The number of urea groups is 1. The van der Waals surface area contributed by atoms with E-state index in [4.69, 9.17) is 11.6 Å². The highest BCUT2D eigenvalue weighted by Crippen LogP contribution is 2.21. The number of hydrogen-bond donors (Lipinski definition) is 3. The van der Waals surface area contributed by atoms with Gasteiger partial charge in [-0.1, -0.05) is 29.8 Å². The summed E-state index contributed by atoms with van der Waals surface area (Å²) in [4.78, 5) is 12.1. The highest BCUT2D eigenvalue weighted by molar-refractivity contribution is 7.92. The van der Waals surface area contributed by atoms with Crippen molar-refractivity contribution in [3.8, 4) is 0 Å². The van der Waals surface area contributed by atoms with Gasteiger partial charge in [0.05, 0.1) is 12.3 Å². The molecule has 2 aromatic carbocycles. The van der Waals surface area contributed by atoms with Crippen molar-refractivity contribution in [3.05, 3.63) is 58.6 Å². The standard InChI is InChI=1S/C17H20ClN3O3S/c1-11-7-8-14(10-16(11)18)20-17(22)19-12(2)13-5-4-6-15(9-13)21-25(3,23)24/h4-10,12,21H,1-3H3,(H2,19,20,22). The van der Waals surface area contributed by atoms with Crippen LogP contribution >= 0.6 is 11.6 Å². The molecule has 0 aliphatic rings. The number of nitrogens with one attached hydrogen (secondary N) is 3. The van der Waals surface area contributed by atoms with E-state index >= 15 is 0 Å². The van der Waals surface area contributed by atoms with Crippen LogP contribution in [-0.4, -0.2) is 20.7 Å². The molecule has 8 heteroatoms. The maximum atomic E-state index is 12.1. The molecule has 0 saturated carbocycles. The molecule has 0 radical (unpaired) electrons. The number of anilines is 2. The number of carbonyl (C=O) groups is 1. The van der Waals surface area contributed by atoms with Crippen LogP contribution in [0.15, 0.2) is 42.5 Å². The van der Waals surface area contributed by atoms with Crippen molar-refractivity contribution in [1.29, 1.82) is 0 Å². The van der Waals surface area contributed by atoms with Gasteiger partial charge in [-0.25, -0.2) is 13.2 Å². The summed E-state index contributed by atoms with van der Waals surface area (Å²) >= 11 is 6.04. The minimum atomic E-state index is -3.35. The Hall–Kier alpha value is -2.25. The van der Waals surface area contributed by atoms with E-state index in [1.807, 2.05) is 13.0 Å². The Labute approximate surface area is 152 Å². The predicted molar refractivity (Wildman–Crippen MR) is 102 cm³/mol. The van der Waals surface area contributed by atoms with E-state index in [9.17, 15) is 13.2 Å². The van der Waals surface area contributed by atoms with Crippen LogP contribution in [0.5, 0.6) is 0 Å². The van der Waals surface area contributed by atoms with E-state index < -0.39 is 10.0 Å². The van der Waals surface area contributed by atoms with Crippen molar-refractivity contribution in [2.45, 2.75) is 19.9 Å². The summed E-state index contributed by atoms with van der Waals surface area (Å²) in [6, 6.07) is 11.4. The normalized spacial score (nSPS) is 12.3. The van der Waals surface area contributed by atoms with Gasteiger partial charge in [-0.15, -0.1) is 0 Å². The smallest absolute Gasteiger partial charge is 0.319 e. The van der Waals surface area contributed by atoms with Crippen molar-refractivity contribution in [2.24, 2.45) is 0 Å². The molecular formula is C17H20ClN3O3S. The third-order valence-electron chi connectivity index (χ3n) is 3.47. The van der Waals surface area contributed by atoms with Gasteiger partial charge in [-0.05, 0) is 49.2 Å². The molecule has 0 bridgehead atoms. The topological polar surface area (TPSA) is 87.3 Å². The van der Waals surface area contributed by atoms with Gasteiger partial charge in [0.2, 0.25) is 10.0 Å². The van der Waals surface area contributed by atoms with Gasteiger partial charge >= 0.3 is 6.03 Å². The molecule has 0 aromatic heterocycles. The van der Waals surface area contributed by atoms with Crippen molar-refractivity contribution >= 4 is 39.0 Å². The van der Waals surface area contributed by atoms with E-state index in [1.165, 1.54) is 0 Å². The quantitative estimate of drug-likeness (QED) is 0.733. The van der Waals surface area contributed by atoms with Gasteiger partial charge in [-0.2, -0.15) is 0 Å². The van der Waals surface area contributed by atoms with E-state index in [-0.39, 0.29) is 12.1 Å². The van der Waals surface area contributed by atoms with Gasteiger partial charge in [0.15, 0.2) is 0 Å². The zero-order valence-corrected chi connectivity index (χ0v) is 15.7. The minimum Gasteiger partial charge on any atom is -0.331 e. The molecule has 134 valence electrons. The maximum absolute atomic E-state index is 12.1. The van der Waals surface area contributed by atoms with Crippen molar-refractivity contribution in [3.63, 3.8) is 0 Å². The van der Waals surface area contributed by atoms with Crippen molar-refractivity contribution < 1.29 is 13.2 Å². The molecule has 0 fully saturated rings. The average molecular weight is 382 g/mol. The van der Waals surface area contributed by atoms with Crippen LogP contribution in [0.4, 0.5) is 16.2 Å². The predicted octanol–water partition coefficient (Wildman–Crippen LogP) is 3.90. The lowest BCUT2D eigenvalue weighted by atomic mass is 10.1. The van der Waals surface area contributed by atoms with Gasteiger partial charge in [0.25, 0.3) is 0 Å². The fourth-order valence-electron chi connectivity index (χ4n) is 2.20. The summed E-state index contributed by atoms with van der Waals surface area (Å²) in [6.45, 7) is 3.69. The monoisotopic (exact) mass is 381 g/mol. The third kappa shape index (κ3) is 5.95. The Balaban J connectivity index is 2.03. The van der Waals surface area contributed by atoms with Gasteiger partial charge in [0, 0.05) is 16.4 Å². The Morgan fingerprint density at radius 1 is 1.12 bits per heavy atom. The van der Waals surface area contributed by atoms with Gasteiger partial charge in [-0.3, -0.25) is 4.72 Å². The van der Waals surface area contributed by atoms with Gasteiger partial charge < -0.3 is 10.6 Å². The second-order valence-corrected chi connectivity index (χ2v) is 7.94. The van der Waals surface area contributed by atoms with Gasteiger partial charge in [0.1, 0.15) is 0 Å². The second kappa shape index (κ2) is 7.76. The Bertz CT molecular complexity index is 884. The summed E-state index contributed by atoms with van der Waals surface area (Å²) < 4.78 is 25.0. The Morgan fingerprint density at radius 2 is 1.84 bits per heavy atom. The number of amides is 2. The molecule has 1 unspecified atom stereocenters. The highest BCUT2D eigenvalue weighted by atomic mass is 35.5. The number of rotatable bonds is 5. The summed E-state index contributed by atoms with van der Waals surface area (Å²) in [5, 5.41) is 6.09. The fraction of sp³-hybridized carbons (Fsp3) is 0.235. The van der Waals surface area contributed by atoms with Crippen molar-refractivity contribution in [2.75, 3.05) is 16.3 Å². The molecule has 0 saturated heterocycles. The molecule has 2 rings (SSSR count). The molecule has 2 aromatic rings. The van der Waals surface area contributed by atoms with Crippen LogP contribution in [0.2, 0.25) is 5.02 Å². The van der Waals surface area contributed by atoms with E-state index in [0.29, 0.717) is 16.4 Å². The molecular weight excluding hydrogens is 362 g/mol. The maximum Gasteiger partial charge on any atom is 0.319 e. The van der Waals surface area contributed by atoms with Crippen LogP contribution in [0.25, 0.3) is 0 Å². The van der Waals surface area contributed by atoms with E-state index in [2.05, 4.69) is 15.4 Å². The zero-order valence-electron chi connectivity index (χ0n) is 14.1. The lowest BCUT2D eigenvalue weighted by Crippen LogP contribution is -2.31. The largest absolute Gasteiger partial charge is 0.331 e. The molecule has 0 spiro atoms.